The van der Waals surface area contributed by atoms with Gasteiger partial charge in [0.05, 0.1) is 44.4 Å². The first kappa shape index (κ1) is 36.8. The Morgan fingerprint density at radius 1 is 0.556 bits per heavy atom. The van der Waals surface area contributed by atoms with E-state index in [2.05, 4.69) is 15.9 Å². The lowest BCUT2D eigenvalue weighted by atomic mass is 10.0. The van der Waals surface area contributed by atoms with Crippen LogP contribution in [0, 0.1) is 10.1 Å². The Bertz CT molecular complexity index is 2590. The highest BCUT2D eigenvalue weighted by Crippen LogP contribution is 2.34. The molecule has 6 aromatic rings. The third-order valence-electron chi connectivity index (χ3n) is 8.65. The summed E-state index contributed by atoms with van der Waals surface area (Å²) in [6, 6.07) is 17.3. The summed E-state index contributed by atoms with van der Waals surface area (Å²) in [4.78, 5) is 91.6. The predicted octanol–water partition coefficient (Wildman–Crippen LogP) is 6.14. The first-order chi connectivity index (χ1) is 25.9. The normalized spacial score (nSPS) is 10.9. The molecule has 0 atom stereocenters. The highest BCUT2D eigenvalue weighted by Gasteiger charge is 2.35. The molecule has 0 radical (unpaired) electrons. The summed E-state index contributed by atoms with van der Waals surface area (Å²) in [5.41, 5.74) is -0.790. The Morgan fingerprint density at radius 3 is 1.26 bits per heavy atom. The molecule has 16 heteroatoms. The molecule has 15 nitrogen and oxygen atoms in total. The first-order valence-electron chi connectivity index (χ1n) is 15.7. The number of carbonyl (C=O) groups is 6. The number of ether oxygens (including phenoxy) is 4. The van der Waals surface area contributed by atoms with Crippen LogP contribution in [0.2, 0.25) is 0 Å². The summed E-state index contributed by atoms with van der Waals surface area (Å²) in [5.74, 6) is -5.22. The number of esters is 4. The molecular formula is C38H26BrN3O12. The number of ketones is 2. The Labute approximate surface area is 312 Å². The fraction of sp³-hybridized carbons (Fsp3) is 0.105. The van der Waals surface area contributed by atoms with Crippen LogP contribution in [-0.2, 0) is 18.9 Å². The van der Waals surface area contributed by atoms with Gasteiger partial charge in [-0.25, -0.2) is 19.2 Å². The lowest BCUT2D eigenvalue weighted by Crippen LogP contribution is -2.15. The second-order valence-corrected chi connectivity index (χ2v) is 12.4. The van der Waals surface area contributed by atoms with Gasteiger partial charge in [0.25, 0.3) is 5.69 Å². The van der Waals surface area contributed by atoms with Gasteiger partial charge in [-0.15, -0.1) is 0 Å². The van der Waals surface area contributed by atoms with E-state index in [9.17, 15) is 38.9 Å². The summed E-state index contributed by atoms with van der Waals surface area (Å²) >= 11 is 3.33. The molecule has 2 aromatic carbocycles. The van der Waals surface area contributed by atoms with Crippen molar-refractivity contribution in [1.82, 2.24) is 8.80 Å². The van der Waals surface area contributed by atoms with Crippen LogP contribution < -0.4 is 0 Å². The van der Waals surface area contributed by atoms with Crippen LogP contribution in [0.15, 0.2) is 89.7 Å². The molecule has 0 fully saturated rings. The van der Waals surface area contributed by atoms with Gasteiger partial charge in [0.2, 0.25) is 11.6 Å². The fourth-order valence-corrected chi connectivity index (χ4v) is 6.41. The smallest absolute Gasteiger partial charge is 0.341 e. The van der Waals surface area contributed by atoms with Gasteiger partial charge in [0.15, 0.2) is 0 Å². The van der Waals surface area contributed by atoms with Gasteiger partial charge >= 0.3 is 23.9 Å². The Balaban J connectivity index is 1.61. The number of fused-ring (bicyclic) bond motifs is 2. The quantitative estimate of drug-likeness (QED) is 0.0507. The minimum absolute atomic E-state index is 0.0189. The molecule has 4 aromatic heterocycles. The average Bonchev–Trinajstić information content (AvgIpc) is 3.72. The summed E-state index contributed by atoms with van der Waals surface area (Å²) in [6.07, 6.45) is 2.90. The molecule has 0 aliphatic carbocycles. The van der Waals surface area contributed by atoms with E-state index in [1.165, 1.54) is 45.5 Å². The number of halogens is 1. The zero-order chi connectivity index (χ0) is 39.0. The monoisotopic (exact) mass is 795 g/mol. The third-order valence-corrected chi connectivity index (χ3v) is 9.17. The number of hydrogen-bond donors (Lipinski definition) is 0. The van der Waals surface area contributed by atoms with E-state index in [4.69, 9.17) is 18.9 Å². The van der Waals surface area contributed by atoms with Crippen LogP contribution >= 0.6 is 15.9 Å². The molecule has 0 spiro atoms. The minimum Gasteiger partial charge on any atom is -0.465 e. The van der Waals surface area contributed by atoms with E-state index in [1.807, 2.05) is 0 Å². The molecule has 0 N–H and O–H groups in total. The molecule has 272 valence electrons. The lowest BCUT2D eigenvalue weighted by Gasteiger charge is -2.09. The number of aromatic nitrogens is 2. The topological polar surface area (TPSA) is 191 Å². The zero-order valence-corrected chi connectivity index (χ0v) is 30.3. The number of nitrogens with zero attached hydrogens (tertiary/aromatic N) is 3. The highest BCUT2D eigenvalue weighted by atomic mass is 79.9. The van der Waals surface area contributed by atoms with Crippen molar-refractivity contribution in [3.63, 3.8) is 0 Å². The molecule has 54 heavy (non-hydrogen) atoms. The largest absolute Gasteiger partial charge is 0.465 e. The SMILES string of the molecule is COC(=O)c1c(C(=O)OC)c2cc(-c3ccn4c(C(=O)c5ccc([N+](=O)[O-])cc5)c(C(=O)OC)c(C(=O)OC)c4c3)ccn2c1C(=O)c1ccc(Br)cc1. The van der Waals surface area contributed by atoms with Crippen LogP contribution in [0.5, 0.6) is 0 Å². The van der Waals surface area contributed by atoms with E-state index in [1.54, 1.807) is 36.4 Å². The Morgan fingerprint density at radius 2 is 0.907 bits per heavy atom. The van der Waals surface area contributed by atoms with Crippen molar-refractivity contribution in [3.05, 3.63) is 145 Å². The number of pyridine rings is 2. The van der Waals surface area contributed by atoms with Gasteiger partial charge < -0.3 is 27.7 Å². The predicted molar refractivity (Wildman–Crippen MR) is 193 cm³/mol. The van der Waals surface area contributed by atoms with Crippen LogP contribution in [0.3, 0.4) is 0 Å². The average molecular weight is 797 g/mol. The zero-order valence-electron chi connectivity index (χ0n) is 28.7. The molecule has 6 rings (SSSR count). The van der Waals surface area contributed by atoms with Crippen molar-refractivity contribution in [2.75, 3.05) is 28.4 Å². The molecular weight excluding hydrogens is 770 g/mol. The summed E-state index contributed by atoms with van der Waals surface area (Å²) in [6.45, 7) is 0. The first-order valence-corrected chi connectivity index (χ1v) is 16.4. The molecule has 0 aliphatic rings. The van der Waals surface area contributed by atoms with E-state index in [0.717, 1.165) is 40.6 Å². The van der Waals surface area contributed by atoms with Crippen molar-refractivity contribution in [1.29, 1.82) is 0 Å². The van der Waals surface area contributed by atoms with Gasteiger partial charge in [0.1, 0.15) is 33.6 Å². The lowest BCUT2D eigenvalue weighted by molar-refractivity contribution is -0.384. The van der Waals surface area contributed by atoms with Crippen LogP contribution in [-0.4, -0.2) is 77.6 Å². The molecule has 0 amide bonds. The number of nitro benzene ring substituents is 1. The van der Waals surface area contributed by atoms with Gasteiger partial charge in [0, 0.05) is 40.1 Å². The molecule has 0 bridgehead atoms. The molecule has 0 unspecified atom stereocenters. The van der Waals surface area contributed by atoms with Crippen LogP contribution in [0.4, 0.5) is 5.69 Å². The Kier molecular flexibility index (Phi) is 9.95. The summed E-state index contributed by atoms with van der Waals surface area (Å²) in [7, 11) is 4.40. The molecule has 0 saturated carbocycles. The van der Waals surface area contributed by atoms with Crippen LogP contribution in [0.25, 0.3) is 22.2 Å². The second-order valence-electron chi connectivity index (χ2n) is 11.5. The maximum Gasteiger partial charge on any atom is 0.341 e. The maximum atomic E-state index is 14.0. The van der Waals surface area contributed by atoms with E-state index >= 15 is 0 Å². The molecule has 4 heterocycles. The second kappa shape index (κ2) is 14.6. The number of rotatable bonds is 10. The number of nitro groups is 1. The molecule has 0 aliphatic heterocycles. The van der Waals surface area contributed by atoms with Crippen molar-refractivity contribution in [3.8, 4) is 11.1 Å². The molecule has 0 saturated heterocycles. The summed E-state index contributed by atoms with van der Waals surface area (Å²) in [5, 5.41) is 11.2. The number of methoxy groups -OCH3 is 4. The fourth-order valence-electron chi connectivity index (χ4n) is 6.14. The van der Waals surface area contributed by atoms with Crippen molar-refractivity contribution in [2.24, 2.45) is 0 Å². The van der Waals surface area contributed by atoms with Gasteiger partial charge in [-0.1, -0.05) is 15.9 Å². The number of non-ortho nitro benzene ring substituents is 1. The van der Waals surface area contributed by atoms with Gasteiger partial charge in [-0.2, -0.15) is 0 Å². The van der Waals surface area contributed by atoms with Crippen molar-refractivity contribution < 1.29 is 52.6 Å². The van der Waals surface area contributed by atoms with E-state index in [0.29, 0.717) is 15.6 Å². The highest BCUT2D eigenvalue weighted by molar-refractivity contribution is 9.10. The minimum atomic E-state index is -1.03. The number of carbonyl (C=O) groups excluding carboxylic acids is 6. The standard InChI is InChI=1S/C38H26BrN3O12/c1-51-35(45)27-25-17-21(13-15-40(25)31(29(27)37(47)53-3)33(43)19-5-9-23(39)10-6-19)22-14-16-41-26(18-22)28(36(46)52-2)30(38(48)54-4)32(41)34(44)20-7-11-24(12-8-20)42(49)50/h5-18H,1-4H3. The maximum absolute atomic E-state index is 14.0. The van der Waals surface area contributed by atoms with Crippen LogP contribution in [0.1, 0.15) is 73.5 Å². The number of hydrogen-bond acceptors (Lipinski definition) is 12. The van der Waals surface area contributed by atoms with Crippen molar-refractivity contribution >= 4 is 68.1 Å². The van der Waals surface area contributed by atoms with E-state index < -0.39 is 45.9 Å². The van der Waals surface area contributed by atoms with E-state index in [-0.39, 0.29) is 55.9 Å². The number of benzene rings is 2. The van der Waals surface area contributed by atoms with Crippen molar-refractivity contribution in [2.45, 2.75) is 0 Å². The Hall–Kier alpha value is -6.94. The van der Waals surface area contributed by atoms with Gasteiger partial charge in [-0.05, 0) is 71.8 Å². The van der Waals surface area contributed by atoms with Gasteiger partial charge in [-0.3, -0.25) is 19.7 Å². The third kappa shape index (κ3) is 6.17. The summed E-state index contributed by atoms with van der Waals surface area (Å²) < 4.78 is 23.4.